The number of carbonyl (C=O) groups is 6. The molecule has 1 rings (SSSR count). The van der Waals surface area contributed by atoms with E-state index in [2.05, 4.69) is 28.6 Å². The molecule has 4 unspecified atom stereocenters. The third-order valence-corrected chi connectivity index (χ3v) is 5.15. The van der Waals surface area contributed by atoms with E-state index in [4.69, 9.17) is 17.2 Å². The summed E-state index contributed by atoms with van der Waals surface area (Å²) in [7, 11) is 0. The SMILES string of the molecule is NC(=O)CCC(NC(=O)C(N)CC(N)=O)C(=O)NC(CS)C(=O)NC(Cc1ccccc1)C(=O)O. The first-order valence-corrected chi connectivity index (χ1v) is 11.2. The van der Waals surface area contributed by atoms with Crippen LogP contribution in [0.1, 0.15) is 24.8 Å². The van der Waals surface area contributed by atoms with Gasteiger partial charge in [0, 0.05) is 18.6 Å². The van der Waals surface area contributed by atoms with Crippen LogP contribution in [-0.4, -0.2) is 70.5 Å². The van der Waals surface area contributed by atoms with E-state index in [1.807, 2.05) is 0 Å². The summed E-state index contributed by atoms with van der Waals surface area (Å²) in [6.07, 6.45) is -0.970. The quantitative estimate of drug-likeness (QED) is 0.114. The molecule has 14 heteroatoms. The lowest BCUT2D eigenvalue weighted by Crippen LogP contribution is -2.58. The van der Waals surface area contributed by atoms with Crippen LogP contribution >= 0.6 is 12.6 Å². The minimum Gasteiger partial charge on any atom is -0.480 e. The molecule has 0 aliphatic heterocycles. The summed E-state index contributed by atoms with van der Waals surface area (Å²) in [5.74, 6) is -5.62. The highest BCUT2D eigenvalue weighted by molar-refractivity contribution is 7.80. The summed E-state index contributed by atoms with van der Waals surface area (Å²) in [6, 6.07) is 3.41. The molecule has 0 radical (unpaired) electrons. The zero-order valence-electron chi connectivity index (χ0n) is 18.8. The highest BCUT2D eigenvalue weighted by Gasteiger charge is 2.30. The maximum atomic E-state index is 12.8. The largest absolute Gasteiger partial charge is 0.480 e. The average Bonchev–Trinajstić information content (AvgIpc) is 2.79. The molecule has 13 nitrogen and oxygen atoms in total. The van der Waals surface area contributed by atoms with Gasteiger partial charge in [0.05, 0.1) is 12.5 Å². The zero-order chi connectivity index (χ0) is 26.5. The fraction of sp³-hybridized carbons (Fsp3) is 0.429. The van der Waals surface area contributed by atoms with Crippen molar-refractivity contribution in [2.75, 3.05) is 5.75 Å². The number of nitrogens with one attached hydrogen (secondary N) is 3. The van der Waals surface area contributed by atoms with Gasteiger partial charge in [-0.1, -0.05) is 30.3 Å². The second-order valence-electron chi connectivity index (χ2n) is 7.68. The van der Waals surface area contributed by atoms with E-state index in [0.29, 0.717) is 5.56 Å². The van der Waals surface area contributed by atoms with Crippen molar-refractivity contribution in [1.29, 1.82) is 0 Å². The van der Waals surface area contributed by atoms with E-state index in [0.717, 1.165) is 0 Å². The Hall–Kier alpha value is -3.65. The molecule has 4 atom stereocenters. The Morgan fingerprint density at radius 2 is 1.37 bits per heavy atom. The van der Waals surface area contributed by atoms with Crippen LogP contribution in [0, 0.1) is 0 Å². The lowest BCUT2D eigenvalue weighted by Gasteiger charge is -2.24. The van der Waals surface area contributed by atoms with E-state index in [-0.39, 0.29) is 25.0 Å². The number of carboxylic acids is 1. The fourth-order valence-corrected chi connectivity index (χ4v) is 3.19. The van der Waals surface area contributed by atoms with Crippen molar-refractivity contribution >= 4 is 48.1 Å². The van der Waals surface area contributed by atoms with E-state index >= 15 is 0 Å². The molecule has 0 saturated carbocycles. The van der Waals surface area contributed by atoms with Crippen molar-refractivity contribution in [3.63, 3.8) is 0 Å². The number of carbonyl (C=O) groups excluding carboxylic acids is 5. The maximum absolute atomic E-state index is 12.8. The van der Waals surface area contributed by atoms with E-state index < -0.39 is 66.1 Å². The maximum Gasteiger partial charge on any atom is 0.326 e. The summed E-state index contributed by atoms with van der Waals surface area (Å²) in [4.78, 5) is 71.5. The van der Waals surface area contributed by atoms with Crippen molar-refractivity contribution in [1.82, 2.24) is 16.0 Å². The van der Waals surface area contributed by atoms with Crippen LogP contribution in [0.25, 0.3) is 0 Å². The van der Waals surface area contributed by atoms with Gasteiger partial charge in [0.2, 0.25) is 29.5 Å². The molecule has 0 saturated heterocycles. The van der Waals surface area contributed by atoms with Gasteiger partial charge >= 0.3 is 5.97 Å². The number of benzene rings is 1. The van der Waals surface area contributed by atoms with Gasteiger partial charge in [0.25, 0.3) is 0 Å². The number of primary amides is 2. The first kappa shape index (κ1) is 29.4. The molecule has 5 amide bonds. The first-order chi connectivity index (χ1) is 16.4. The number of aliphatic carboxylic acids is 1. The highest BCUT2D eigenvalue weighted by atomic mass is 32.1. The monoisotopic (exact) mass is 510 g/mol. The summed E-state index contributed by atoms with van der Waals surface area (Å²) >= 11 is 4.04. The number of amides is 5. The van der Waals surface area contributed by atoms with Crippen LogP contribution in [0.2, 0.25) is 0 Å². The van der Waals surface area contributed by atoms with Crippen LogP contribution in [0.4, 0.5) is 0 Å². The second kappa shape index (κ2) is 14.6. The Kier molecular flexibility index (Phi) is 12.2. The summed E-state index contributed by atoms with van der Waals surface area (Å²) in [5.41, 5.74) is 16.4. The molecule has 0 aliphatic rings. The Balaban J connectivity index is 2.89. The molecular weight excluding hydrogens is 480 g/mol. The molecular formula is C21H30N6O7S. The molecule has 0 fully saturated rings. The van der Waals surface area contributed by atoms with Crippen molar-refractivity contribution in [3.8, 4) is 0 Å². The Bertz CT molecular complexity index is 930. The fourth-order valence-electron chi connectivity index (χ4n) is 2.93. The van der Waals surface area contributed by atoms with Gasteiger partial charge in [-0.3, -0.25) is 24.0 Å². The summed E-state index contributed by atoms with van der Waals surface area (Å²) in [5, 5.41) is 16.5. The lowest BCUT2D eigenvalue weighted by atomic mass is 10.1. The van der Waals surface area contributed by atoms with Crippen molar-refractivity contribution < 1.29 is 33.9 Å². The van der Waals surface area contributed by atoms with Crippen LogP contribution in [0.3, 0.4) is 0 Å². The lowest BCUT2D eigenvalue weighted by molar-refractivity contribution is -0.142. The van der Waals surface area contributed by atoms with Gasteiger partial charge in [-0.15, -0.1) is 0 Å². The molecule has 10 N–H and O–H groups in total. The molecule has 35 heavy (non-hydrogen) atoms. The molecule has 0 bridgehead atoms. The van der Waals surface area contributed by atoms with Crippen molar-refractivity contribution in [3.05, 3.63) is 35.9 Å². The Morgan fingerprint density at radius 1 is 0.829 bits per heavy atom. The van der Waals surface area contributed by atoms with Gasteiger partial charge < -0.3 is 38.3 Å². The number of hydrogen-bond donors (Lipinski definition) is 8. The van der Waals surface area contributed by atoms with Gasteiger partial charge in [0.1, 0.15) is 18.1 Å². The van der Waals surface area contributed by atoms with Crippen LogP contribution in [-0.2, 0) is 35.2 Å². The van der Waals surface area contributed by atoms with Crippen molar-refractivity contribution in [2.45, 2.75) is 49.9 Å². The number of rotatable bonds is 15. The second-order valence-corrected chi connectivity index (χ2v) is 8.04. The Morgan fingerprint density at radius 3 is 1.89 bits per heavy atom. The minimum absolute atomic E-state index is 0.00416. The summed E-state index contributed by atoms with van der Waals surface area (Å²) in [6.45, 7) is 0. The normalized spacial score (nSPS) is 14.0. The Labute approximate surface area is 206 Å². The third-order valence-electron chi connectivity index (χ3n) is 4.78. The van der Waals surface area contributed by atoms with Crippen molar-refractivity contribution in [2.24, 2.45) is 17.2 Å². The van der Waals surface area contributed by atoms with Crippen LogP contribution in [0.15, 0.2) is 30.3 Å². The molecule has 1 aromatic carbocycles. The van der Waals surface area contributed by atoms with E-state index in [1.165, 1.54) is 0 Å². The number of thiol groups is 1. The molecule has 0 aromatic heterocycles. The number of carboxylic acid groups (broad SMARTS) is 1. The molecule has 192 valence electrons. The number of nitrogens with two attached hydrogens (primary N) is 3. The third kappa shape index (κ3) is 10.9. The van der Waals surface area contributed by atoms with Gasteiger partial charge in [-0.25, -0.2) is 4.79 Å². The molecule has 0 spiro atoms. The van der Waals surface area contributed by atoms with E-state index in [9.17, 15) is 33.9 Å². The van der Waals surface area contributed by atoms with Crippen LogP contribution < -0.4 is 33.2 Å². The molecule has 0 aliphatic carbocycles. The van der Waals surface area contributed by atoms with Crippen LogP contribution in [0.5, 0.6) is 0 Å². The molecule has 0 heterocycles. The minimum atomic E-state index is -1.34. The van der Waals surface area contributed by atoms with Gasteiger partial charge in [-0.2, -0.15) is 12.6 Å². The van der Waals surface area contributed by atoms with E-state index in [1.54, 1.807) is 30.3 Å². The highest BCUT2D eigenvalue weighted by Crippen LogP contribution is 2.05. The predicted molar refractivity (Wildman–Crippen MR) is 128 cm³/mol. The van der Waals surface area contributed by atoms with Gasteiger partial charge in [-0.05, 0) is 12.0 Å². The molecule has 1 aromatic rings. The van der Waals surface area contributed by atoms with Gasteiger partial charge in [0.15, 0.2) is 0 Å². The zero-order valence-corrected chi connectivity index (χ0v) is 19.7. The number of hydrogen-bond acceptors (Lipinski definition) is 8. The average molecular weight is 511 g/mol. The summed E-state index contributed by atoms with van der Waals surface area (Å²) < 4.78 is 0. The predicted octanol–water partition coefficient (Wildman–Crippen LogP) is -2.83. The topological polar surface area (TPSA) is 237 Å². The first-order valence-electron chi connectivity index (χ1n) is 10.6. The standard InChI is InChI=1S/C21H30N6O7S/c22-12(9-17(24)29)18(30)25-13(6-7-16(23)28)19(31)27-15(10-35)20(32)26-14(21(33)34)8-11-4-2-1-3-5-11/h1-5,12-15,35H,6-10,22H2,(H2,23,28)(H2,24,29)(H,25,30)(H,26,32)(H,27,31)(H,33,34). The smallest absolute Gasteiger partial charge is 0.326 e.